The molecule has 0 aliphatic heterocycles. The van der Waals surface area contributed by atoms with Crippen molar-refractivity contribution in [1.82, 2.24) is 24.5 Å². The monoisotopic (exact) mass is 323 g/mol. The van der Waals surface area contributed by atoms with Crippen LogP contribution in [0.2, 0.25) is 0 Å². The lowest BCUT2D eigenvalue weighted by molar-refractivity contribution is 0.422. The van der Waals surface area contributed by atoms with Crippen LogP contribution in [0.1, 0.15) is 5.69 Å². The summed E-state index contributed by atoms with van der Waals surface area (Å²) in [5, 5.41) is 13.8. The maximum absolute atomic E-state index is 10.2. The zero-order chi connectivity index (χ0) is 15.6. The lowest BCUT2D eigenvalue weighted by Crippen LogP contribution is -1.99. The zero-order valence-electron chi connectivity index (χ0n) is 12.1. The van der Waals surface area contributed by atoms with Crippen LogP contribution in [0.5, 0.6) is 5.88 Å². The molecule has 0 saturated carbocycles. The summed E-state index contributed by atoms with van der Waals surface area (Å²) in [4.78, 5) is 17.2. The fourth-order valence-electron chi connectivity index (χ4n) is 2.41. The second-order valence-corrected chi connectivity index (χ2v) is 5.91. The van der Waals surface area contributed by atoms with Crippen molar-refractivity contribution in [2.45, 2.75) is 13.0 Å². The molecular formula is C16H13N5OS. The van der Waals surface area contributed by atoms with Gasteiger partial charge in [0.05, 0.1) is 16.6 Å². The first-order chi connectivity index (χ1) is 11.3. The summed E-state index contributed by atoms with van der Waals surface area (Å²) in [6.45, 7) is 0.640. The standard InChI is InChI=1S/C16H13N5OS/c22-16-12-3-1-5-17-13(12)9-21(16)8-4-11-10-23-15(20-11)14-18-6-2-7-19-14/h1-3,5-7,9-10,22H,4,8H2. The Morgan fingerprint density at radius 3 is 2.74 bits per heavy atom. The number of pyridine rings is 1. The summed E-state index contributed by atoms with van der Waals surface area (Å²) < 4.78 is 1.80. The van der Waals surface area contributed by atoms with Crippen molar-refractivity contribution in [3.05, 3.63) is 54.1 Å². The summed E-state index contributed by atoms with van der Waals surface area (Å²) in [6, 6.07) is 5.46. The molecular weight excluding hydrogens is 310 g/mol. The normalized spacial score (nSPS) is 11.1. The third-order valence-corrected chi connectivity index (χ3v) is 4.43. The number of hydrogen-bond donors (Lipinski definition) is 1. The van der Waals surface area contributed by atoms with Gasteiger partial charge in [0.15, 0.2) is 10.8 Å². The van der Waals surface area contributed by atoms with E-state index in [1.165, 1.54) is 11.3 Å². The van der Waals surface area contributed by atoms with Crippen LogP contribution in [-0.2, 0) is 13.0 Å². The van der Waals surface area contributed by atoms with Gasteiger partial charge in [-0.05, 0) is 18.2 Å². The van der Waals surface area contributed by atoms with Crippen molar-refractivity contribution >= 4 is 22.2 Å². The molecule has 0 fully saturated rings. The minimum Gasteiger partial charge on any atom is -0.494 e. The Kier molecular flexibility index (Phi) is 3.47. The molecule has 0 spiro atoms. The molecule has 0 amide bonds. The molecule has 7 heteroatoms. The second kappa shape index (κ2) is 5.77. The van der Waals surface area contributed by atoms with E-state index in [0.29, 0.717) is 12.4 Å². The third-order valence-electron chi connectivity index (χ3n) is 3.55. The first-order valence-electron chi connectivity index (χ1n) is 7.16. The second-order valence-electron chi connectivity index (χ2n) is 5.05. The summed E-state index contributed by atoms with van der Waals surface area (Å²) in [6.07, 6.45) is 7.72. The van der Waals surface area contributed by atoms with Gasteiger partial charge < -0.3 is 9.67 Å². The largest absolute Gasteiger partial charge is 0.494 e. The predicted molar refractivity (Wildman–Crippen MR) is 88.2 cm³/mol. The van der Waals surface area contributed by atoms with Crippen LogP contribution in [0.4, 0.5) is 0 Å². The van der Waals surface area contributed by atoms with Gasteiger partial charge >= 0.3 is 0 Å². The molecule has 4 aromatic heterocycles. The van der Waals surface area contributed by atoms with Crippen molar-refractivity contribution in [2.75, 3.05) is 0 Å². The Balaban J connectivity index is 1.53. The van der Waals surface area contributed by atoms with Crippen LogP contribution in [0, 0.1) is 0 Å². The Morgan fingerprint density at radius 2 is 1.91 bits per heavy atom. The Bertz CT molecular complexity index is 947. The van der Waals surface area contributed by atoms with Gasteiger partial charge in [0.25, 0.3) is 0 Å². The molecule has 0 aliphatic carbocycles. The van der Waals surface area contributed by atoms with Crippen LogP contribution in [0.15, 0.2) is 48.4 Å². The quantitative estimate of drug-likeness (QED) is 0.625. The maximum Gasteiger partial charge on any atom is 0.200 e. The first-order valence-corrected chi connectivity index (χ1v) is 8.04. The van der Waals surface area contributed by atoms with Crippen molar-refractivity contribution in [2.24, 2.45) is 0 Å². The van der Waals surface area contributed by atoms with Gasteiger partial charge in [-0.3, -0.25) is 4.98 Å². The van der Waals surface area contributed by atoms with E-state index in [1.54, 1.807) is 29.2 Å². The fraction of sp³-hybridized carbons (Fsp3) is 0.125. The molecule has 0 atom stereocenters. The lowest BCUT2D eigenvalue weighted by atomic mass is 10.3. The van der Waals surface area contributed by atoms with Crippen LogP contribution in [0.25, 0.3) is 21.7 Å². The average Bonchev–Trinajstić information content (AvgIpc) is 3.19. The van der Waals surface area contributed by atoms with Gasteiger partial charge in [-0.1, -0.05) is 0 Å². The maximum atomic E-state index is 10.2. The molecule has 0 aromatic carbocycles. The molecule has 0 unspecified atom stereocenters. The highest BCUT2D eigenvalue weighted by Gasteiger charge is 2.10. The Morgan fingerprint density at radius 1 is 1.09 bits per heavy atom. The number of hydrogen-bond acceptors (Lipinski definition) is 6. The van der Waals surface area contributed by atoms with Gasteiger partial charge in [0, 0.05) is 43.1 Å². The summed E-state index contributed by atoms with van der Waals surface area (Å²) >= 11 is 1.53. The number of aryl methyl sites for hydroxylation is 2. The molecule has 0 saturated heterocycles. The number of nitrogens with zero attached hydrogens (tertiary/aromatic N) is 5. The van der Waals surface area contributed by atoms with Crippen LogP contribution >= 0.6 is 11.3 Å². The van der Waals surface area contributed by atoms with E-state index in [9.17, 15) is 5.11 Å². The minimum absolute atomic E-state index is 0.245. The molecule has 4 heterocycles. The third kappa shape index (κ3) is 2.66. The number of aromatic hydroxyl groups is 1. The lowest BCUT2D eigenvalue weighted by Gasteiger charge is -2.02. The SMILES string of the molecule is Oc1c2cccnc2cn1CCc1csc(-c2ncccn2)n1. The van der Waals surface area contributed by atoms with Crippen LogP contribution < -0.4 is 0 Å². The number of rotatable bonds is 4. The van der Waals surface area contributed by atoms with Crippen molar-refractivity contribution < 1.29 is 5.11 Å². The molecule has 114 valence electrons. The minimum atomic E-state index is 0.245. The summed E-state index contributed by atoms with van der Waals surface area (Å²) in [5.41, 5.74) is 1.75. The molecule has 6 nitrogen and oxygen atoms in total. The summed E-state index contributed by atoms with van der Waals surface area (Å²) in [7, 11) is 0. The van der Waals surface area contributed by atoms with Crippen molar-refractivity contribution in [1.29, 1.82) is 0 Å². The van der Waals surface area contributed by atoms with Crippen LogP contribution in [0.3, 0.4) is 0 Å². The van der Waals surface area contributed by atoms with Gasteiger partial charge in [-0.25, -0.2) is 15.0 Å². The first kappa shape index (κ1) is 13.8. The van der Waals surface area contributed by atoms with Gasteiger partial charge in [0.2, 0.25) is 5.88 Å². The van der Waals surface area contributed by atoms with Crippen LogP contribution in [-0.4, -0.2) is 29.6 Å². The van der Waals surface area contributed by atoms with E-state index in [2.05, 4.69) is 19.9 Å². The molecule has 4 aromatic rings. The number of aromatic nitrogens is 5. The highest BCUT2D eigenvalue weighted by Crippen LogP contribution is 2.26. The fourth-order valence-corrected chi connectivity index (χ4v) is 3.21. The predicted octanol–water partition coefficient (Wildman–Crippen LogP) is 2.90. The number of fused-ring (bicyclic) bond motifs is 1. The number of thiazole rings is 1. The van der Waals surface area contributed by atoms with Crippen molar-refractivity contribution in [3.63, 3.8) is 0 Å². The molecule has 23 heavy (non-hydrogen) atoms. The molecule has 1 N–H and O–H groups in total. The van der Waals surface area contributed by atoms with Gasteiger partial charge in [-0.15, -0.1) is 11.3 Å². The van der Waals surface area contributed by atoms with E-state index in [1.807, 2.05) is 23.7 Å². The molecule has 0 radical (unpaired) electrons. The van der Waals surface area contributed by atoms with E-state index >= 15 is 0 Å². The molecule has 0 aliphatic rings. The highest BCUT2D eigenvalue weighted by atomic mass is 32.1. The van der Waals surface area contributed by atoms with Gasteiger partial charge in [-0.2, -0.15) is 0 Å². The topological polar surface area (TPSA) is 76.7 Å². The molecule has 4 rings (SSSR count). The molecule has 0 bridgehead atoms. The highest BCUT2D eigenvalue weighted by molar-refractivity contribution is 7.13. The van der Waals surface area contributed by atoms with E-state index < -0.39 is 0 Å². The van der Waals surface area contributed by atoms with Gasteiger partial charge in [0.1, 0.15) is 0 Å². The average molecular weight is 323 g/mol. The van der Waals surface area contributed by atoms with Crippen molar-refractivity contribution in [3.8, 4) is 16.7 Å². The van der Waals surface area contributed by atoms with E-state index in [4.69, 9.17) is 0 Å². The zero-order valence-corrected chi connectivity index (χ0v) is 12.9. The Labute approximate surface area is 136 Å². The summed E-state index contributed by atoms with van der Waals surface area (Å²) in [5.74, 6) is 0.887. The smallest absolute Gasteiger partial charge is 0.200 e. The van der Waals surface area contributed by atoms with E-state index in [-0.39, 0.29) is 5.88 Å². The Hall–Kier alpha value is -2.80. The van der Waals surface area contributed by atoms with E-state index in [0.717, 1.165) is 28.0 Å².